The molecule has 112 valence electrons. The zero-order valence-electron chi connectivity index (χ0n) is 12.8. The number of hydrogen-bond donors (Lipinski definition) is 1. The normalized spacial score (nSPS) is 18.0. The molecule has 5 heteroatoms. The number of rotatable bonds is 3. The lowest BCUT2D eigenvalue weighted by molar-refractivity contribution is 0.102. The molecular formula is C15H25N3O2. The summed E-state index contributed by atoms with van der Waals surface area (Å²) in [5, 5.41) is 0. The summed E-state index contributed by atoms with van der Waals surface area (Å²) in [5.74, 6) is 1.04. The Balaban J connectivity index is 2.03. The first-order valence-corrected chi connectivity index (χ1v) is 7.14. The van der Waals surface area contributed by atoms with Crippen LogP contribution in [0.3, 0.4) is 0 Å². The summed E-state index contributed by atoms with van der Waals surface area (Å²) in [6.45, 7) is 8.03. The van der Waals surface area contributed by atoms with Gasteiger partial charge in [0.25, 0.3) is 0 Å². The van der Waals surface area contributed by atoms with Gasteiger partial charge < -0.3 is 20.1 Å². The number of ether oxygens (including phenoxy) is 2. The summed E-state index contributed by atoms with van der Waals surface area (Å²) in [4.78, 5) is 6.70. The van der Waals surface area contributed by atoms with E-state index in [0.717, 1.165) is 25.9 Å². The predicted molar refractivity (Wildman–Crippen MR) is 80.2 cm³/mol. The van der Waals surface area contributed by atoms with E-state index < -0.39 is 0 Å². The van der Waals surface area contributed by atoms with E-state index in [9.17, 15) is 0 Å². The molecule has 1 aromatic heterocycles. The molecule has 0 amide bonds. The maximum absolute atomic E-state index is 5.94. The van der Waals surface area contributed by atoms with Crippen molar-refractivity contribution in [3.63, 3.8) is 0 Å². The van der Waals surface area contributed by atoms with Crippen molar-refractivity contribution in [1.29, 1.82) is 0 Å². The Morgan fingerprint density at radius 2 is 1.90 bits per heavy atom. The fourth-order valence-electron chi connectivity index (χ4n) is 2.15. The van der Waals surface area contributed by atoms with E-state index in [1.165, 1.54) is 0 Å². The number of anilines is 1. The van der Waals surface area contributed by atoms with Crippen molar-refractivity contribution in [2.45, 2.75) is 45.3 Å². The molecule has 1 aromatic rings. The Labute approximate surface area is 121 Å². The van der Waals surface area contributed by atoms with Gasteiger partial charge in [0.15, 0.2) is 0 Å². The standard InChI is InChI=1S/C15H25N3O2/c1-15(2,3)20-14-12(16)5-6-13(17-14)19-11-7-9-18(4)10-8-11/h5-6,11H,7-10,16H2,1-4H3. The minimum atomic E-state index is -0.326. The summed E-state index contributed by atoms with van der Waals surface area (Å²) in [6.07, 6.45) is 2.28. The SMILES string of the molecule is CN1CCC(Oc2ccc(N)c(OC(C)(C)C)n2)CC1. The first-order valence-electron chi connectivity index (χ1n) is 7.14. The third-order valence-electron chi connectivity index (χ3n) is 3.22. The second-order valence-corrected chi connectivity index (χ2v) is 6.38. The van der Waals surface area contributed by atoms with Crippen LogP contribution in [-0.2, 0) is 0 Å². The summed E-state index contributed by atoms with van der Waals surface area (Å²) in [5.41, 5.74) is 6.11. The molecule has 2 rings (SSSR count). The van der Waals surface area contributed by atoms with Crippen LogP contribution in [0, 0.1) is 0 Å². The monoisotopic (exact) mass is 279 g/mol. The van der Waals surface area contributed by atoms with Crippen molar-refractivity contribution in [1.82, 2.24) is 9.88 Å². The lowest BCUT2D eigenvalue weighted by Gasteiger charge is -2.29. The molecule has 0 unspecified atom stereocenters. The van der Waals surface area contributed by atoms with Crippen molar-refractivity contribution >= 4 is 5.69 Å². The second kappa shape index (κ2) is 5.87. The lowest BCUT2D eigenvalue weighted by Crippen LogP contribution is -2.35. The van der Waals surface area contributed by atoms with Gasteiger partial charge in [-0.1, -0.05) is 0 Å². The Morgan fingerprint density at radius 1 is 1.25 bits per heavy atom. The average molecular weight is 279 g/mol. The van der Waals surface area contributed by atoms with E-state index in [4.69, 9.17) is 15.2 Å². The molecule has 1 aliphatic heterocycles. The van der Waals surface area contributed by atoms with Gasteiger partial charge in [0, 0.05) is 19.2 Å². The van der Waals surface area contributed by atoms with Crippen LogP contribution in [-0.4, -0.2) is 41.7 Å². The minimum absolute atomic E-state index is 0.227. The smallest absolute Gasteiger partial charge is 0.241 e. The Hall–Kier alpha value is -1.49. The largest absolute Gasteiger partial charge is 0.474 e. The van der Waals surface area contributed by atoms with E-state index in [2.05, 4.69) is 16.9 Å². The zero-order valence-corrected chi connectivity index (χ0v) is 12.8. The summed E-state index contributed by atoms with van der Waals surface area (Å²) in [7, 11) is 2.13. The van der Waals surface area contributed by atoms with Crippen LogP contribution in [0.25, 0.3) is 0 Å². The molecule has 0 aliphatic carbocycles. The molecule has 0 atom stereocenters. The summed E-state index contributed by atoms with van der Waals surface area (Å²) >= 11 is 0. The van der Waals surface area contributed by atoms with Crippen molar-refractivity contribution < 1.29 is 9.47 Å². The number of nitrogens with zero attached hydrogens (tertiary/aromatic N) is 2. The van der Waals surface area contributed by atoms with E-state index in [1.807, 2.05) is 26.8 Å². The molecule has 2 heterocycles. The first-order chi connectivity index (χ1) is 9.33. The van der Waals surface area contributed by atoms with Gasteiger partial charge in [-0.2, -0.15) is 4.98 Å². The van der Waals surface area contributed by atoms with Crippen molar-refractivity contribution in [2.75, 3.05) is 25.9 Å². The zero-order chi connectivity index (χ0) is 14.8. The van der Waals surface area contributed by atoms with Crippen LogP contribution >= 0.6 is 0 Å². The van der Waals surface area contributed by atoms with E-state index in [-0.39, 0.29) is 11.7 Å². The molecule has 1 fully saturated rings. The lowest BCUT2D eigenvalue weighted by atomic mass is 10.1. The Bertz CT molecular complexity index is 449. The molecule has 0 saturated carbocycles. The highest BCUT2D eigenvalue weighted by Gasteiger charge is 2.20. The van der Waals surface area contributed by atoms with Crippen LogP contribution in [0.2, 0.25) is 0 Å². The van der Waals surface area contributed by atoms with Crippen LogP contribution in [0.5, 0.6) is 11.8 Å². The number of hydrogen-bond acceptors (Lipinski definition) is 5. The van der Waals surface area contributed by atoms with Crippen molar-refractivity contribution in [2.24, 2.45) is 0 Å². The molecule has 0 radical (unpaired) electrons. The maximum atomic E-state index is 5.94. The van der Waals surface area contributed by atoms with Crippen LogP contribution in [0.15, 0.2) is 12.1 Å². The summed E-state index contributed by atoms with van der Waals surface area (Å²) < 4.78 is 11.7. The van der Waals surface area contributed by atoms with Crippen LogP contribution in [0.4, 0.5) is 5.69 Å². The molecular weight excluding hydrogens is 254 g/mol. The highest BCUT2D eigenvalue weighted by atomic mass is 16.5. The predicted octanol–water partition coefficient (Wildman–Crippen LogP) is 2.31. The molecule has 1 aliphatic rings. The van der Waals surface area contributed by atoms with Crippen molar-refractivity contribution in [3.8, 4) is 11.8 Å². The molecule has 5 nitrogen and oxygen atoms in total. The molecule has 2 N–H and O–H groups in total. The molecule has 0 spiro atoms. The average Bonchev–Trinajstić information content (AvgIpc) is 2.34. The van der Waals surface area contributed by atoms with Gasteiger partial charge in [0.1, 0.15) is 11.7 Å². The first kappa shape index (κ1) is 14.9. The fraction of sp³-hybridized carbons (Fsp3) is 0.667. The van der Waals surface area contributed by atoms with Crippen molar-refractivity contribution in [3.05, 3.63) is 12.1 Å². The molecule has 20 heavy (non-hydrogen) atoms. The minimum Gasteiger partial charge on any atom is -0.474 e. The highest BCUT2D eigenvalue weighted by molar-refractivity contribution is 5.49. The quantitative estimate of drug-likeness (QED) is 0.920. The van der Waals surface area contributed by atoms with Gasteiger partial charge in [-0.25, -0.2) is 0 Å². The third kappa shape index (κ3) is 4.27. The van der Waals surface area contributed by atoms with Crippen LogP contribution < -0.4 is 15.2 Å². The number of piperidine rings is 1. The number of nitrogen functional groups attached to an aromatic ring is 1. The van der Waals surface area contributed by atoms with Gasteiger partial charge in [-0.05, 0) is 46.7 Å². The second-order valence-electron chi connectivity index (χ2n) is 6.38. The maximum Gasteiger partial charge on any atom is 0.241 e. The van der Waals surface area contributed by atoms with Gasteiger partial charge in [0.05, 0.1) is 5.69 Å². The number of nitrogens with two attached hydrogens (primary N) is 1. The topological polar surface area (TPSA) is 60.6 Å². The van der Waals surface area contributed by atoms with E-state index in [1.54, 1.807) is 6.07 Å². The van der Waals surface area contributed by atoms with Crippen LogP contribution in [0.1, 0.15) is 33.6 Å². The molecule has 1 saturated heterocycles. The number of likely N-dealkylation sites (tertiary alicyclic amines) is 1. The number of aromatic nitrogens is 1. The number of pyridine rings is 1. The molecule has 0 bridgehead atoms. The summed E-state index contributed by atoms with van der Waals surface area (Å²) in [6, 6.07) is 3.60. The Morgan fingerprint density at radius 3 is 2.50 bits per heavy atom. The fourth-order valence-corrected chi connectivity index (χ4v) is 2.15. The third-order valence-corrected chi connectivity index (χ3v) is 3.22. The highest BCUT2D eigenvalue weighted by Crippen LogP contribution is 2.27. The van der Waals surface area contributed by atoms with Gasteiger partial charge in [-0.3, -0.25) is 0 Å². The Kier molecular flexibility index (Phi) is 4.38. The van der Waals surface area contributed by atoms with E-state index in [0.29, 0.717) is 17.4 Å². The molecule has 0 aromatic carbocycles. The van der Waals surface area contributed by atoms with Gasteiger partial charge in [0.2, 0.25) is 11.8 Å². The van der Waals surface area contributed by atoms with Gasteiger partial charge >= 0.3 is 0 Å². The van der Waals surface area contributed by atoms with Gasteiger partial charge in [-0.15, -0.1) is 0 Å². The van der Waals surface area contributed by atoms with E-state index >= 15 is 0 Å².